The van der Waals surface area contributed by atoms with Gasteiger partial charge in [-0.05, 0) is 12.8 Å². The van der Waals surface area contributed by atoms with Gasteiger partial charge in [-0.3, -0.25) is 4.79 Å². The zero-order chi connectivity index (χ0) is 7.78. The van der Waals surface area contributed by atoms with Gasteiger partial charge in [-0.2, -0.15) is 0 Å². The van der Waals surface area contributed by atoms with Crippen LogP contribution in [0.2, 0.25) is 0 Å². The molecular weight excluding hydrogens is 124 g/mol. The normalized spacial score (nSPS) is 20.3. The molecule has 0 aromatic rings. The molecule has 0 aromatic heterocycles. The minimum Gasteiger partial charge on any atom is -0.299 e. The predicted octanol–water partition coefficient (Wildman–Crippen LogP) is 2.40. The molecule has 0 heterocycles. The number of Topliss-reactive ketones (excluding diaryl/α,β-unsaturated/α-hetero) is 1. The van der Waals surface area contributed by atoms with Crippen LogP contribution in [-0.2, 0) is 4.79 Å². The Kier molecular flexibility index (Phi) is 1.84. The van der Waals surface area contributed by atoms with Crippen molar-refractivity contribution in [3.8, 4) is 0 Å². The van der Waals surface area contributed by atoms with Gasteiger partial charge in [0.15, 0.2) is 0 Å². The third kappa shape index (κ3) is 1.39. The van der Waals surface area contributed by atoms with Crippen molar-refractivity contribution < 1.29 is 4.79 Å². The molecule has 0 bridgehead atoms. The van der Waals surface area contributed by atoms with E-state index in [1.165, 1.54) is 6.42 Å². The van der Waals surface area contributed by atoms with Crippen LogP contribution in [0, 0.1) is 11.3 Å². The Labute approximate surface area is 62.8 Å². The third-order valence-electron chi connectivity index (χ3n) is 2.22. The fourth-order valence-corrected chi connectivity index (χ4v) is 1.28. The molecule has 1 heteroatoms. The number of hydrogen-bond acceptors (Lipinski definition) is 1. The fraction of sp³-hybridized carbons (Fsp3) is 0.889. The van der Waals surface area contributed by atoms with Crippen LogP contribution in [0.5, 0.6) is 0 Å². The summed E-state index contributed by atoms with van der Waals surface area (Å²) in [5.74, 6) is 0.860. The van der Waals surface area contributed by atoms with Crippen molar-refractivity contribution >= 4 is 5.78 Å². The molecule has 58 valence electrons. The maximum atomic E-state index is 11.4. The number of carbonyl (C=O) groups is 1. The smallest absolute Gasteiger partial charge is 0.141 e. The van der Waals surface area contributed by atoms with Gasteiger partial charge in [0.1, 0.15) is 5.78 Å². The highest BCUT2D eigenvalue weighted by Gasteiger charge is 2.32. The van der Waals surface area contributed by atoms with Crippen molar-refractivity contribution in [2.45, 2.75) is 40.0 Å². The molecule has 0 aliphatic heterocycles. The topological polar surface area (TPSA) is 17.1 Å². The Balaban J connectivity index is 2.48. The van der Waals surface area contributed by atoms with Gasteiger partial charge in [0.2, 0.25) is 0 Å². The van der Waals surface area contributed by atoms with Crippen molar-refractivity contribution in [1.82, 2.24) is 0 Å². The van der Waals surface area contributed by atoms with Crippen LogP contribution in [-0.4, -0.2) is 5.78 Å². The summed E-state index contributed by atoms with van der Waals surface area (Å²) in [6.07, 6.45) is 3.53. The molecule has 0 atom stereocenters. The highest BCUT2D eigenvalue weighted by molar-refractivity contribution is 5.86. The number of carbonyl (C=O) groups excluding carboxylic acids is 1. The van der Waals surface area contributed by atoms with E-state index >= 15 is 0 Å². The van der Waals surface area contributed by atoms with Crippen LogP contribution in [0.15, 0.2) is 0 Å². The first kappa shape index (κ1) is 7.77. The molecule has 0 spiro atoms. The summed E-state index contributed by atoms with van der Waals surface area (Å²) >= 11 is 0. The maximum Gasteiger partial charge on any atom is 0.141 e. The lowest BCUT2D eigenvalue weighted by molar-refractivity contribution is -0.132. The molecule has 1 fully saturated rings. The molecule has 1 saturated carbocycles. The van der Waals surface area contributed by atoms with E-state index in [0.29, 0.717) is 11.7 Å². The van der Waals surface area contributed by atoms with Gasteiger partial charge in [-0.15, -0.1) is 0 Å². The van der Waals surface area contributed by atoms with Crippen LogP contribution in [0.3, 0.4) is 0 Å². The average Bonchev–Trinajstić information content (AvgIpc) is 1.57. The van der Waals surface area contributed by atoms with Crippen molar-refractivity contribution in [1.29, 1.82) is 0 Å². The van der Waals surface area contributed by atoms with Gasteiger partial charge >= 0.3 is 0 Å². The summed E-state index contributed by atoms with van der Waals surface area (Å²) in [6, 6.07) is 0. The molecule has 0 N–H and O–H groups in total. The lowest BCUT2D eigenvalue weighted by Crippen LogP contribution is -2.32. The van der Waals surface area contributed by atoms with Crippen LogP contribution in [0.4, 0.5) is 0 Å². The van der Waals surface area contributed by atoms with E-state index in [0.717, 1.165) is 12.8 Å². The van der Waals surface area contributed by atoms with Gasteiger partial charge in [-0.25, -0.2) is 0 Å². The quantitative estimate of drug-likeness (QED) is 0.546. The molecule has 0 aromatic carbocycles. The molecule has 0 unspecified atom stereocenters. The Hall–Kier alpha value is -0.330. The second-order valence-electron chi connectivity index (χ2n) is 4.24. The number of rotatable bonds is 1. The fourth-order valence-electron chi connectivity index (χ4n) is 1.28. The van der Waals surface area contributed by atoms with Crippen molar-refractivity contribution in [3.05, 3.63) is 0 Å². The van der Waals surface area contributed by atoms with Crippen molar-refractivity contribution in [3.63, 3.8) is 0 Å². The van der Waals surface area contributed by atoms with Crippen LogP contribution < -0.4 is 0 Å². The maximum absolute atomic E-state index is 11.4. The van der Waals surface area contributed by atoms with E-state index in [9.17, 15) is 4.79 Å². The molecule has 10 heavy (non-hydrogen) atoms. The number of hydrogen-bond donors (Lipinski definition) is 0. The summed E-state index contributed by atoms with van der Waals surface area (Å²) in [6.45, 7) is 6.02. The Bertz CT molecular complexity index is 137. The van der Waals surface area contributed by atoms with Gasteiger partial charge in [-0.1, -0.05) is 27.2 Å². The largest absolute Gasteiger partial charge is 0.299 e. The lowest BCUT2D eigenvalue weighted by atomic mass is 9.73. The lowest BCUT2D eigenvalue weighted by Gasteiger charge is -2.30. The molecule has 0 saturated heterocycles. The SMILES string of the molecule is CC(C)(C)C(=O)C1CCC1. The highest BCUT2D eigenvalue weighted by atomic mass is 16.1. The van der Waals surface area contributed by atoms with Gasteiger partial charge in [0, 0.05) is 11.3 Å². The van der Waals surface area contributed by atoms with Gasteiger partial charge < -0.3 is 0 Å². The summed E-state index contributed by atoms with van der Waals surface area (Å²) in [5.41, 5.74) is -0.106. The Morgan fingerprint density at radius 1 is 1.30 bits per heavy atom. The first-order valence-corrected chi connectivity index (χ1v) is 4.06. The average molecular weight is 140 g/mol. The van der Waals surface area contributed by atoms with Crippen LogP contribution in [0.25, 0.3) is 0 Å². The van der Waals surface area contributed by atoms with Crippen molar-refractivity contribution in [2.24, 2.45) is 11.3 Å². The Morgan fingerprint density at radius 3 is 1.90 bits per heavy atom. The second-order valence-corrected chi connectivity index (χ2v) is 4.24. The molecule has 1 aliphatic rings. The van der Waals surface area contributed by atoms with E-state index in [-0.39, 0.29) is 5.41 Å². The zero-order valence-corrected chi connectivity index (χ0v) is 7.11. The summed E-state index contributed by atoms with van der Waals surface area (Å²) in [4.78, 5) is 11.4. The highest BCUT2D eigenvalue weighted by Crippen LogP contribution is 2.33. The zero-order valence-electron chi connectivity index (χ0n) is 7.11. The minimum absolute atomic E-state index is 0.106. The van der Waals surface area contributed by atoms with E-state index in [1.54, 1.807) is 0 Å². The molecule has 0 radical (unpaired) electrons. The van der Waals surface area contributed by atoms with E-state index in [4.69, 9.17) is 0 Å². The van der Waals surface area contributed by atoms with Crippen molar-refractivity contribution in [2.75, 3.05) is 0 Å². The van der Waals surface area contributed by atoms with E-state index < -0.39 is 0 Å². The third-order valence-corrected chi connectivity index (χ3v) is 2.22. The predicted molar refractivity (Wildman–Crippen MR) is 41.8 cm³/mol. The minimum atomic E-state index is -0.106. The Morgan fingerprint density at radius 2 is 1.80 bits per heavy atom. The van der Waals surface area contributed by atoms with Crippen LogP contribution in [0.1, 0.15) is 40.0 Å². The first-order valence-electron chi connectivity index (χ1n) is 4.06. The number of ketones is 1. The molecule has 0 amide bonds. The van der Waals surface area contributed by atoms with E-state index in [2.05, 4.69) is 0 Å². The van der Waals surface area contributed by atoms with Crippen LogP contribution >= 0.6 is 0 Å². The standard InChI is InChI=1S/C9H16O/c1-9(2,3)8(10)7-5-4-6-7/h7H,4-6H2,1-3H3. The molecule has 1 nitrogen and oxygen atoms in total. The molecular formula is C9H16O. The summed E-state index contributed by atoms with van der Waals surface area (Å²) in [7, 11) is 0. The monoisotopic (exact) mass is 140 g/mol. The van der Waals surface area contributed by atoms with Gasteiger partial charge in [0.25, 0.3) is 0 Å². The molecule has 1 aliphatic carbocycles. The second kappa shape index (κ2) is 2.37. The summed E-state index contributed by atoms with van der Waals surface area (Å²) in [5, 5.41) is 0. The van der Waals surface area contributed by atoms with E-state index in [1.807, 2.05) is 20.8 Å². The molecule has 1 rings (SSSR count). The first-order chi connectivity index (χ1) is 4.52. The summed E-state index contributed by atoms with van der Waals surface area (Å²) < 4.78 is 0. The van der Waals surface area contributed by atoms with Gasteiger partial charge in [0.05, 0.1) is 0 Å².